The second-order valence-corrected chi connectivity index (χ2v) is 10.7. The zero-order chi connectivity index (χ0) is 26.4. The van der Waals surface area contributed by atoms with Crippen LogP contribution in [0.25, 0.3) is 0 Å². The Bertz CT molecular complexity index is 1570. The number of ether oxygens (including phenoxy) is 1. The summed E-state index contributed by atoms with van der Waals surface area (Å²) in [5, 5.41) is 12.0. The molecule has 1 aliphatic heterocycles. The number of carbonyl (C=O) groups excluding carboxylic acids is 2. The van der Waals surface area contributed by atoms with E-state index in [4.69, 9.17) is 4.74 Å². The molecule has 4 rings (SSSR count). The fourth-order valence-electron chi connectivity index (χ4n) is 3.55. The van der Waals surface area contributed by atoms with Crippen molar-refractivity contribution in [1.29, 1.82) is 0 Å². The van der Waals surface area contributed by atoms with E-state index in [1.54, 1.807) is 48.5 Å². The Labute approximate surface area is 215 Å². The molecule has 0 saturated heterocycles. The maximum absolute atomic E-state index is 13.0. The van der Waals surface area contributed by atoms with Crippen LogP contribution in [0.2, 0.25) is 0 Å². The van der Waals surface area contributed by atoms with Gasteiger partial charge >= 0.3 is 0 Å². The lowest BCUT2D eigenvalue weighted by atomic mass is 10.1. The second kappa shape index (κ2) is 11.2. The first-order chi connectivity index (χ1) is 17.7. The molecule has 2 heterocycles. The molecule has 0 spiro atoms. The van der Waals surface area contributed by atoms with Crippen LogP contribution in [-0.2, 0) is 25.9 Å². The van der Waals surface area contributed by atoms with E-state index in [0.717, 1.165) is 12.0 Å². The topological polar surface area (TPSA) is 118 Å². The van der Waals surface area contributed by atoms with Crippen LogP contribution >= 0.6 is 0 Å². The normalized spacial score (nSPS) is 14.1. The number of aliphatic hydroxyl groups excluding tert-OH is 1. The van der Waals surface area contributed by atoms with Gasteiger partial charge in [0.1, 0.15) is 0 Å². The van der Waals surface area contributed by atoms with Crippen LogP contribution in [0, 0.1) is 11.8 Å². The van der Waals surface area contributed by atoms with Gasteiger partial charge in [0.05, 0.1) is 28.5 Å². The van der Waals surface area contributed by atoms with E-state index in [9.17, 15) is 18.9 Å². The van der Waals surface area contributed by atoms with Crippen molar-refractivity contribution in [2.45, 2.75) is 24.8 Å². The third kappa shape index (κ3) is 6.50. The Morgan fingerprint density at radius 3 is 2.57 bits per heavy atom. The third-order valence-corrected chi connectivity index (χ3v) is 7.24. The zero-order valence-electron chi connectivity index (χ0n) is 20.4. The number of hydrogen-bond donors (Lipinski definition) is 2. The van der Waals surface area contributed by atoms with Crippen LogP contribution < -0.4 is 5.32 Å². The highest BCUT2D eigenvalue weighted by Gasteiger charge is 2.20. The van der Waals surface area contributed by atoms with Gasteiger partial charge < -0.3 is 15.2 Å². The van der Waals surface area contributed by atoms with Crippen molar-refractivity contribution in [3.8, 4) is 11.8 Å². The minimum atomic E-state index is -2.99. The fourth-order valence-corrected chi connectivity index (χ4v) is 4.71. The number of nitrogens with zero attached hydrogens (tertiary/aromatic N) is 2. The van der Waals surface area contributed by atoms with Crippen molar-refractivity contribution >= 4 is 27.2 Å². The number of anilines is 1. The van der Waals surface area contributed by atoms with Gasteiger partial charge in [-0.25, -0.2) is 4.21 Å². The Kier molecular flexibility index (Phi) is 7.82. The highest BCUT2D eigenvalue weighted by molar-refractivity contribution is 7.93. The van der Waals surface area contributed by atoms with E-state index in [1.807, 2.05) is 6.92 Å². The minimum absolute atomic E-state index is 0.132. The largest absolute Gasteiger partial charge is 0.488 e. The van der Waals surface area contributed by atoms with Crippen molar-refractivity contribution < 1.29 is 23.6 Å². The molecular formula is C28H25N3O5S. The lowest BCUT2D eigenvalue weighted by molar-refractivity contribution is -0.115. The summed E-state index contributed by atoms with van der Waals surface area (Å²) in [6.07, 6.45) is 4.99. The zero-order valence-corrected chi connectivity index (χ0v) is 21.2. The molecule has 0 bridgehead atoms. The summed E-state index contributed by atoms with van der Waals surface area (Å²) in [6.45, 7) is 2.25. The van der Waals surface area contributed by atoms with Crippen LogP contribution in [0.15, 0.2) is 87.6 Å². The third-order valence-electron chi connectivity index (χ3n) is 5.57. The van der Waals surface area contributed by atoms with Crippen molar-refractivity contribution in [3.05, 3.63) is 101 Å². The van der Waals surface area contributed by atoms with Gasteiger partial charge in [0.2, 0.25) is 0 Å². The van der Waals surface area contributed by atoms with Gasteiger partial charge in [0.15, 0.2) is 5.76 Å². The molecule has 1 aromatic heterocycles. The Balaban J connectivity index is 1.50. The molecular weight excluding hydrogens is 490 g/mol. The predicted octanol–water partition coefficient (Wildman–Crippen LogP) is 3.90. The molecule has 1 unspecified atom stereocenters. The van der Waals surface area contributed by atoms with E-state index >= 15 is 0 Å². The van der Waals surface area contributed by atoms with Crippen molar-refractivity contribution in [3.63, 3.8) is 0 Å². The van der Waals surface area contributed by atoms with E-state index < -0.39 is 15.6 Å². The van der Waals surface area contributed by atoms with Gasteiger partial charge in [-0.05, 0) is 54.5 Å². The molecule has 2 amide bonds. The molecule has 1 aliphatic rings. The summed E-state index contributed by atoms with van der Waals surface area (Å²) in [4.78, 5) is 29.6. The molecule has 37 heavy (non-hydrogen) atoms. The molecule has 188 valence electrons. The highest BCUT2D eigenvalue weighted by atomic mass is 32.2. The van der Waals surface area contributed by atoms with Gasteiger partial charge in [-0.15, -0.1) is 0 Å². The first-order valence-corrected chi connectivity index (χ1v) is 13.3. The Morgan fingerprint density at radius 1 is 1.11 bits per heavy atom. The molecule has 1 atom stereocenters. The number of benzene rings is 2. The maximum atomic E-state index is 13.0. The van der Waals surface area contributed by atoms with E-state index in [1.165, 1.54) is 24.7 Å². The number of carbonyl (C=O) groups is 2. The Hall–Kier alpha value is -4.26. The minimum Gasteiger partial charge on any atom is -0.488 e. The first-order valence-electron chi connectivity index (χ1n) is 11.4. The molecule has 9 heteroatoms. The predicted molar refractivity (Wildman–Crippen MR) is 140 cm³/mol. The monoisotopic (exact) mass is 515 g/mol. The SMILES string of the molecule is CC1=C(C(=O)Nc2cccc(C#Cc3cncc(C(=O)N=S(C)(=O)c4ccc(CO)cc4)c3)c2)OCC1. The van der Waals surface area contributed by atoms with Gasteiger partial charge in [-0.2, -0.15) is 4.36 Å². The number of pyridine rings is 1. The fraction of sp³-hybridized carbons (Fsp3) is 0.179. The lowest BCUT2D eigenvalue weighted by Crippen LogP contribution is -2.15. The molecule has 3 aromatic rings. The molecule has 0 fully saturated rings. The molecule has 8 nitrogen and oxygen atoms in total. The number of aromatic nitrogens is 1. The molecule has 0 radical (unpaired) electrons. The molecule has 0 aliphatic carbocycles. The van der Waals surface area contributed by atoms with E-state index in [0.29, 0.717) is 39.6 Å². The quantitative estimate of drug-likeness (QED) is 0.498. The number of hydrogen-bond acceptors (Lipinski definition) is 6. The summed E-state index contributed by atoms with van der Waals surface area (Å²) in [5.74, 6) is 5.35. The number of aliphatic hydroxyl groups is 1. The average molecular weight is 516 g/mol. The first kappa shape index (κ1) is 25.8. The van der Waals surface area contributed by atoms with Gasteiger partial charge in [-0.3, -0.25) is 14.6 Å². The van der Waals surface area contributed by atoms with E-state index in [2.05, 4.69) is 26.5 Å². The van der Waals surface area contributed by atoms with Crippen molar-refractivity contribution in [1.82, 2.24) is 4.98 Å². The molecule has 2 N–H and O–H groups in total. The number of rotatable bonds is 5. The average Bonchev–Trinajstić information content (AvgIpc) is 3.33. The summed E-state index contributed by atoms with van der Waals surface area (Å²) >= 11 is 0. The Morgan fingerprint density at radius 2 is 1.86 bits per heavy atom. The lowest BCUT2D eigenvalue weighted by Gasteiger charge is -2.07. The van der Waals surface area contributed by atoms with Crippen LogP contribution in [0.1, 0.15) is 40.4 Å². The van der Waals surface area contributed by atoms with Crippen molar-refractivity contribution in [2.75, 3.05) is 18.2 Å². The summed E-state index contributed by atoms with van der Waals surface area (Å²) in [7, 11) is -2.99. The smallest absolute Gasteiger partial charge is 0.290 e. The van der Waals surface area contributed by atoms with Crippen molar-refractivity contribution in [2.24, 2.45) is 4.36 Å². The van der Waals surface area contributed by atoms with E-state index in [-0.39, 0.29) is 18.1 Å². The van der Waals surface area contributed by atoms with Gasteiger partial charge in [-0.1, -0.05) is 30.0 Å². The second-order valence-electron chi connectivity index (χ2n) is 8.46. The molecule has 0 saturated carbocycles. The van der Waals surface area contributed by atoms with Crippen LogP contribution in [0.4, 0.5) is 5.69 Å². The highest BCUT2D eigenvalue weighted by Crippen LogP contribution is 2.20. The summed E-state index contributed by atoms with van der Waals surface area (Å²) < 4.78 is 22.4. The maximum Gasteiger partial charge on any atom is 0.290 e. The molecule has 2 aromatic carbocycles. The van der Waals surface area contributed by atoms with Gasteiger partial charge in [0.25, 0.3) is 11.8 Å². The summed E-state index contributed by atoms with van der Waals surface area (Å²) in [6, 6.07) is 15.0. The van der Waals surface area contributed by atoms with Crippen LogP contribution in [0.5, 0.6) is 0 Å². The standard InChI is InChI=1S/C28H25N3O5S/c1-19-12-13-36-26(19)28(34)30-24-5-3-4-20(15-24)6-7-22-14-23(17-29-16-22)27(33)31-37(2,35)25-10-8-21(18-32)9-11-25/h3-5,8-11,14-17,32H,12-13,18H2,1-2H3,(H,30,34). The van der Waals surface area contributed by atoms with Crippen LogP contribution in [0.3, 0.4) is 0 Å². The summed E-state index contributed by atoms with van der Waals surface area (Å²) in [5.41, 5.74) is 3.46. The van der Waals surface area contributed by atoms with Crippen LogP contribution in [-0.4, -0.2) is 39.0 Å². The van der Waals surface area contributed by atoms with Gasteiger partial charge in [0, 0.05) is 46.8 Å². The number of amides is 2. The number of nitrogens with one attached hydrogen (secondary N) is 1.